The second-order valence-electron chi connectivity index (χ2n) is 4.38. The lowest BCUT2D eigenvalue weighted by atomic mass is 10.1. The molecule has 0 radical (unpaired) electrons. The zero-order chi connectivity index (χ0) is 12.5. The predicted molar refractivity (Wildman–Crippen MR) is 74.1 cm³/mol. The van der Waals surface area contributed by atoms with E-state index in [-0.39, 0.29) is 6.10 Å². The van der Waals surface area contributed by atoms with Crippen LogP contribution in [0.3, 0.4) is 0 Å². The molecule has 2 heterocycles. The van der Waals surface area contributed by atoms with Gasteiger partial charge in [-0.15, -0.1) is 0 Å². The van der Waals surface area contributed by atoms with Crippen molar-refractivity contribution < 1.29 is 4.74 Å². The number of hydrogen-bond acceptors (Lipinski definition) is 3. The summed E-state index contributed by atoms with van der Waals surface area (Å²) in [6.07, 6.45) is 1.07. The first kappa shape index (κ1) is 11.7. The minimum atomic E-state index is 0.180. The number of ether oxygens (including phenoxy) is 1. The second-order valence-corrected chi connectivity index (χ2v) is 5.03. The summed E-state index contributed by atoms with van der Waals surface area (Å²) < 4.78 is 5.80. The summed E-state index contributed by atoms with van der Waals surface area (Å²) in [5, 5.41) is 0.823. The number of aromatic nitrogens is 2. The first-order chi connectivity index (χ1) is 8.78. The molecule has 92 valence electrons. The van der Waals surface area contributed by atoms with Gasteiger partial charge in [-0.1, -0.05) is 46.3 Å². The Morgan fingerprint density at radius 2 is 2.06 bits per heavy atom. The van der Waals surface area contributed by atoms with E-state index < -0.39 is 0 Å². The molecule has 0 saturated heterocycles. The highest BCUT2D eigenvalue weighted by molar-refractivity contribution is 9.09. The van der Waals surface area contributed by atoms with Gasteiger partial charge in [-0.3, -0.25) is 0 Å². The van der Waals surface area contributed by atoms with Gasteiger partial charge in [-0.05, 0) is 6.92 Å². The summed E-state index contributed by atoms with van der Waals surface area (Å²) in [7, 11) is 0. The first-order valence-corrected chi connectivity index (χ1v) is 7.05. The highest BCUT2D eigenvalue weighted by Gasteiger charge is 2.26. The van der Waals surface area contributed by atoms with Crippen LogP contribution in [-0.2, 0) is 6.42 Å². The highest BCUT2D eigenvalue weighted by atomic mass is 79.9. The Hall–Kier alpha value is -1.42. The van der Waals surface area contributed by atoms with Crippen LogP contribution in [-0.4, -0.2) is 21.4 Å². The Kier molecular flexibility index (Phi) is 3.04. The molecule has 0 N–H and O–H groups in total. The molecular weight excluding hydrogens is 292 g/mol. The van der Waals surface area contributed by atoms with E-state index >= 15 is 0 Å². The van der Waals surface area contributed by atoms with E-state index in [0.717, 1.165) is 40.3 Å². The quantitative estimate of drug-likeness (QED) is 0.800. The van der Waals surface area contributed by atoms with Gasteiger partial charge in [0, 0.05) is 28.6 Å². The molecule has 0 bridgehead atoms. The van der Waals surface area contributed by atoms with Crippen molar-refractivity contribution in [1.82, 2.24) is 9.97 Å². The van der Waals surface area contributed by atoms with Crippen LogP contribution >= 0.6 is 15.9 Å². The molecule has 0 amide bonds. The maximum absolute atomic E-state index is 5.80. The standard InChI is InChI=1S/C14H13BrN2O/c1-9-12-7-11(8-15)18-14(12)17-13(16-9)10-5-3-2-4-6-10/h2-6,11H,7-8H2,1H3/t11-/m1/s1. The van der Waals surface area contributed by atoms with Crippen LogP contribution in [0.25, 0.3) is 11.4 Å². The van der Waals surface area contributed by atoms with Crippen LogP contribution in [0, 0.1) is 6.92 Å². The van der Waals surface area contributed by atoms with Crippen molar-refractivity contribution in [3.63, 3.8) is 0 Å². The van der Waals surface area contributed by atoms with Crippen molar-refractivity contribution in [3.05, 3.63) is 41.6 Å². The number of aryl methyl sites for hydroxylation is 1. The maximum Gasteiger partial charge on any atom is 0.220 e. The summed E-state index contributed by atoms with van der Waals surface area (Å²) >= 11 is 3.45. The number of rotatable bonds is 2. The normalized spacial score (nSPS) is 17.3. The minimum absolute atomic E-state index is 0.180. The van der Waals surface area contributed by atoms with E-state index in [0.29, 0.717) is 0 Å². The monoisotopic (exact) mass is 304 g/mol. The average molecular weight is 305 g/mol. The van der Waals surface area contributed by atoms with Crippen molar-refractivity contribution in [2.45, 2.75) is 19.4 Å². The molecule has 1 aliphatic heterocycles. The number of nitrogens with zero attached hydrogens (tertiary/aromatic N) is 2. The van der Waals surface area contributed by atoms with Gasteiger partial charge in [0.1, 0.15) is 6.10 Å². The van der Waals surface area contributed by atoms with Crippen molar-refractivity contribution in [3.8, 4) is 17.3 Å². The lowest BCUT2D eigenvalue weighted by molar-refractivity contribution is 0.252. The average Bonchev–Trinajstić information content (AvgIpc) is 2.83. The van der Waals surface area contributed by atoms with Gasteiger partial charge in [0.05, 0.1) is 0 Å². The molecule has 0 aliphatic carbocycles. The van der Waals surface area contributed by atoms with Gasteiger partial charge in [0.25, 0.3) is 0 Å². The highest BCUT2D eigenvalue weighted by Crippen LogP contribution is 2.31. The summed E-state index contributed by atoms with van der Waals surface area (Å²) in [4.78, 5) is 9.11. The molecule has 2 aromatic rings. The van der Waals surface area contributed by atoms with Crippen molar-refractivity contribution >= 4 is 15.9 Å². The van der Waals surface area contributed by atoms with Crippen LogP contribution in [0.1, 0.15) is 11.3 Å². The molecule has 3 nitrogen and oxygen atoms in total. The Balaban J connectivity index is 2.04. The van der Waals surface area contributed by atoms with Crippen molar-refractivity contribution in [2.24, 2.45) is 0 Å². The fourth-order valence-corrected chi connectivity index (χ4v) is 2.49. The molecule has 18 heavy (non-hydrogen) atoms. The van der Waals surface area contributed by atoms with E-state index in [9.17, 15) is 0 Å². The van der Waals surface area contributed by atoms with Crippen molar-refractivity contribution in [1.29, 1.82) is 0 Å². The van der Waals surface area contributed by atoms with Gasteiger partial charge in [0.2, 0.25) is 5.88 Å². The number of benzene rings is 1. The van der Waals surface area contributed by atoms with E-state index in [1.165, 1.54) is 0 Å². The smallest absolute Gasteiger partial charge is 0.220 e. The van der Waals surface area contributed by atoms with Crippen LogP contribution in [0.4, 0.5) is 0 Å². The molecule has 1 aliphatic rings. The Labute approximate surface area is 114 Å². The topological polar surface area (TPSA) is 35.0 Å². The lowest BCUT2D eigenvalue weighted by Gasteiger charge is -2.06. The van der Waals surface area contributed by atoms with Gasteiger partial charge in [0.15, 0.2) is 5.82 Å². The van der Waals surface area contributed by atoms with Crippen LogP contribution < -0.4 is 4.74 Å². The zero-order valence-corrected chi connectivity index (χ0v) is 11.6. The summed E-state index contributed by atoms with van der Waals surface area (Å²) in [5.41, 5.74) is 3.18. The maximum atomic E-state index is 5.80. The Morgan fingerprint density at radius 3 is 2.78 bits per heavy atom. The Morgan fingerprint density at radius 1 is 1.28 bits per heavy atom. The third kappa shape index (κ3) is 2.01. The zero-order valence-electron chi connectivity index (χ0n) is 10.1. The molecule has 0 unspecified atom stereocenters. The van der Waals surface area contributed by atoms with Gasteiger partial charge in [-0.25, -0.2) is 4.98 Å². The SMILES string of the molecule is Cc1nc(-c2ccccc2)nc2c1C[C@H](CBr)O2. The summed E-state index contributed by atoms with van der Waals surface area (Å²) in [6.45, 7) is 2.02. The third-order valence-corrected chi connectivity index (χ3v) is 3.81. The van der Waals surface area contributed by atoms with E-state index in [1.54, 1.807) is 0 Å². The van der Waals surface area contributed by atoms with Gasteiger partial charge in [-0.2, -0.15) is 4.98 Å². The summed E-state index contributed by atoms with van der Waals surface area (Å²) in [6, 6.07) is 9.99. The molecule has 0 spiro atoms. The van der Waals surface area contributed by atoms with Gasteiger partial charge >= 0.3 is 0 Å². The van der Waals surface area contributed by atoms with Gasteiger partial charge < -0.3 is 4.74 Å². The predicted octanol–water partition coefficient (Wildman–Crippen LogP) is 3.15. The molecule has 1 atom stereocenters. The Bertz CT molecular complexity index is 572. The second kappa shape index (κ2) is 4.69. The summed E-state index contributed by atoms with van der Waals surface area (Å²) in [5.74, 6) is 1.48. The fraction of sp³-hybridized carbons (Fsp3) is 0.286. The third-order valence-electron chi connectivity index (χ3n) is 3.09. The van der Waals surface area contributed by atoms with Crippen LogP contribution in [0.15, 0.2) is 30.3 Å². The van der Waals surface area contributed by atoms with E-state index in [2.05, 4.69) is 25.9 Å². The molecule has 3 rings (SSSR count). The van der Waals surface area contributed by atoms with E-state index in [4.69, 9.17) is 4.74 Å². The lowest BCUT2D eigenvalue weighted by Crippen LogP contribution is -2.14. The largest absolute Gasteiger partial charge is 0.473 e. The number of halogens is 1. The molecule has 1 aromatic carbocycles. The molecule has 4 heteroatoms. The minimum Gasteiger partial charge on any atom is -0.473 e. The van der Waals surface area contributed by atoms with Crippen LogP contribution in [0.2, 0.25) is 0 Å². The van der Waals surface area contributed by atoms with Crippen LogP contribution in [0.5, 0.6) is 5.88 Å². The molecule has 1 aromatic heterocycles. The first-order valence-electron chi connectivity index (χ1n) is 5.93. The molecule has 0 saturated carbocycles. The molecule has 0 fully saturated rings. The number of hydrogen-bond donors (Lipinski definition) is 0. The van der Waals surface area contributed by atoms with E-state index in [1.807, 2.05) is 37.3 Å². The number of fused-ring (bicyclic) bond motifs is 1. The molecular formula is C14H13BrN2O. The number of alkyl halides is 1. The fourth-order valence-electron chi connectivity index (χ4n) is 2.13. The van der Waals surface area contributed by atoms with Crippen molar-refractivity contribution in [2.75, 3.05) is 5.33 Å².